The zero-order chi connectivity index (χ0) is 12.4. The van der Waals surface area contributed by atoms with Crippen molar-refractivity contribution in [1.82, 2.24) is 10.4 Å². The first-order valence-electron chi connectivity index (χ1n) is 6.58. The van der Waals surface area contributed by atoms with Crippen LogP contribution >= 0.6 is 0 Å². The summed E-state index contributed by atoms with van der Waals surface area (Å²) in [5, 5.41) is 4.24. The molecule has 2 aliphatic rings. The van der Waals surface area contributed by atoms with E-state index in [1.54, 1.807) is 0 Å². The second-order valence-electron chi connectivity index (χ2n) is 4.96. The van der Waals surface area contributed by atoms with Crippen molar-refractivity contribution in [3.8, 4) is 0 Å². The molecule has 3 rings (SSSR count). The van der Waals surface area contributed by atoms with Gasteiger partial charge in [0.1, 0.15) is 0 Å². The first-order valence-corrected chi connectivity index (χ1v) is 6.58. The smallest absolute Gasteiger partial charge is 0.273 e. The van der Waals surface area contributed by atoms with Gasteiger partial charge in [-0.05, 0) is 31.1 Å². The Labute approximate surface area is 106 Å². The first kappa shape index (κ1) is 11.3. The average molecular weight is 243 g/mol. The minimum atomic E-state index is -0.0785. The van der Waals surface area contributed by atoms with Crippen molar-refractivity contribution in [3.05, 3.63) is 29.6 Å². The van der Waals surface area contributed by atoms with E-state index in [1.807, 2.05) is 24.4 Å². The molecule has 1 saturated carbocycles. The monoisotopic (exact) mass is 243 g/mol. The van der Waals surface area contributed by atoms with Gasteiger partial charge in [0.15, 0.2) is 0 Å². The summed E-state index contributed by atoms with van der Waals surface area (Å²) < 4.78 is 0. The zero-order valence-electron chi connectivity index (χ0n) is 10.3. The molecule has 4 heteroatoms. The van der Waals surface area contributed by atoms with Crippen molar-refractivity contribution in [2.24, 2.45) is 11.0 Å². The Morgan fingerprint density at radius 3 is 2.83 bits per heavy atom. The van der Waals surface area contributed by atoms with Gasteiger partial charge in [-0.3, -0.25) is 4.79 Å². The van der Waals surface area contributed by atoms with Crippen molar-refractivity contribution in [2.45, 2.75) is 32.1 Å². The van der Waals surface area contributed by atoms with Crippen LogP contribution in [0, 0.1) is 5.92 Å². The molecule has 2 heterocycles. The molecule has 1 amide bonds. The molecular formula is C14H17N3O. The lowest BCUT2D eigenvalue weighted by molar-refractivity contribution is -0.116. The summed E-state index contributed by atoms with van der Waals surface area (Å²) >= 11 is 0. The number of carbonyl (C=O) groups is 1. The van der Waals surface area contributed by atoms with Gasteiger partial charge >= 0.3 is 0 Å². The van der Waals surface area contributed by atoms with Crippen LogP contribution < -0.4 is 5.43 Å². The number of nitrogens with zero attached hydrogens (tertiary/aromatic N) is 1. The molecule has 4 nitrogen and oxygen atoms in total. The summed E-state index contributed by atoms with van der Waals surface area (Å²) in [5.41, 5.74) is 5.23. The number of hydrogen-bond donors (Lipinski definition) is 2. The third kappa shape index (κ3) is 2.10. The number of aromatic nitrogens is 1. The number of amides is 1. The van der Waals surface area contributed by atoms with E-state index in [9.17, 15) is 4.79 Å². The molecule has 1 aromatic heterocycles. The second kappa shape index (κ2) is 4.80. The number of hydrazone groups is 1. The number of hydrogen-bond acceptors (Lipinski definition) is 2. The van der Waals surface area contributed by atoms with Gasteiger partial charge in [0, 0.05) is 17.8 Å². The Morgan fingerprint density at radius 2 is 2.11 bits per heavy atom. The highest BCUT2D eigenvalue weighted by atomic mass is 16.2. The third-order valence-corrected chi connectivity index (χ3v) is 3.71. The summed E-state index contributed by atoms with van der Waals surface area (Å²) in [6.45, 7) is 0. The summed E-state index contributed by atoms with van der Waals surface area (Å²) in [5.74, 6) is 0.365. The highest BCUT2D eigenvalue weighted by Gasteiger charge is 2.30. The summed E-state index contributed by atoms with van der Waals surface area (Å²) in [6.07, 6.45) is 9.85. The number of rotatable bonds is 2. The van der Waals surface area contributed by atoms with Crippen molar-refractivity contribution >= 4 is 17.7 Å². The topological polar surface area (TPSA) is 57.2 Å². The Kier molecular flexibility index (Phi) is 3.00. The first-order chi connectivity index (χ1) is 8.84. The molecule has 1 fully saturated rings. The van der Waals surface area contributed by atoms with Gasteiger partial charge in [0.05, 0.1) is 11.3 Å². The Morgan fingerprint density at radius 1 is 1.28 bits per heavy atom. The molecule has 0 unspecified atom stereocenters. The molecule has 0 radical (unpaired) electrons. The SMILES string of the molecule is O=C1NN=C(C2CCCCC2)C1=Cc1ccc[nH]1. The molecule has 0 aromatic carbocycles. The van der Waals surface area contributed by atoms with E-state index < -0.39 is 0 Å². The number of H-pyrrole nitrogens is 1. The second-order valence-corrected chi connectivity index (χ2v) is 4.96. The normalized spacial score (nSPS) is 23.2. The molecule has 18 heavy (non-hydrogen) atoms. The van der Waals surface area contributed by atoms with Gasteiger partial charge in [-0.1, -0.05) is 19.3 Å². The van der Waals surface area contributed by atoms with E-state index in [0.717, 1.165) is 29.8 Å². The van der Waals surface area contributed by atoms with E-state index in [0.29, 0.717) is 5.92 Å². The molecule has 0 spiro atoms. The minimum Gasteiger partial charge on any atom is -0.362 e. The Hall–Kier alpha value is -1.84. The van der Waals surface area contributed by atoms with Gasteiger partial charge in [-0.25, -0.2) is 5.43 Å². The number of aromatic amines is 1. The van der Waals surface area contributed by atoms with Crippen molar-refractivity contribution < 1.29 is 4.79 Å². The van der Waals surface area contributed by atoms with Crippen LogP contribution in [0.4, 0.5) is 0 Å². The van der Waals surface area contributed by atoms with Crippen LogP contribution in [0.3, 0.4) is 0 Å². The zero-order valence-corrected chi connectivity index (χ0v) is 10.3. The molecule has 1 aliphatic carbocycles. The van der Waals surface area contributed by atoms with Crippen LogP contribution in [-0.2, 0) is 4.79 Å². The van der Waals surface area contributed by atoms with Crippen molar-refractivity contribution in [2.75, 3.05) is 0 Å². The Bertz CT molecular complexity index is 493. The maximum absolute atomic E-state index is 11.8. The van der Waals surface area contributed by atoms with E-state index in [1.165, 1.54) is 19.3 Å². The standard InChI is InChI=1S/C14H17N3O/c18-14-12(9-11-7-4-8-15-11)13(16-17-14)10-5-2-1-3-6-10/h4,7-10,15H,1-3,5-6H2,(H,17,18). The predicted octanol–water partition coefficient (Wildman–Crippen LogP) is 2.46. The molecule has 1 aliphatic heterocycles. The largest absolute Gasteiger partial charge is 0.362 e. The van der Waals surface area contributed by atoms with Gasteiger partial charge in [0.25, 0.3) is 5.91 Å². The minimum absolute atomic E-state index is 0.0785. The Balaban J connectivity index is 1.86. The molecule has 0 saturated heterocycles. The lowest BCUT2D eigenvalue weighted by atomic mass is 9.83. The van der Waals surface area contributed by atoms with Gasteiger partial charge in [-0.2, -0.15) is 5.10 Å². The van der Waals surface area contributed by atoms with E-state index in [4.69, 9.17) is 0 Å². The molecule has 94 valence electrons. The fourth-order valence-corrected chi connectivity index (χ4v) is 2.76. The van der Waals surface area contributed by atoms with Crippen LogP contribution in [-0.4, -0.2) is 16.6 Å². The summed E-state index contributed by atoms with van der Waals surface area (Å²) in [7, 11) is 0. The molecule has 0 bridgehead atoms. The molecule has 2 N–H and O–H groups in total. The summed E-state index contributed by atoms with van der Waals surface area (Å²) in [4.78, 5) is 14.9. The fourth-order valence-electron chi connectivity index (χ4n) is 2.76. The molecule has 0 atom stereocenters. The molecule has 1 aromatic rings. The average Bonchev–Trinajstić information content (AvgIpc) is 3.03. The van der Waals surface area contributed by atoms with Crippen molar-refractivity contribution in [3.63, 3.8) is 0 Å². The van der Waals surface area contributed by atoms with Gasteiger partial charge < -0.3 is 4.98 Å². The molecular weight excluding hydrogens is 226 g/mol. The maximum Gasteiger partial charge on any atom is 0.273 e. The van der Waals surface area contributed by atoms with E-state index in [2.05, 4.69) is 15.5 Å². The fraction of sp³-hybridized carbons (Fsp3) is 0.429. The highest BCUT2D eigenvalue weighted by molar-refractivity contribution is 6.28. The number of nitrogens with one attached hydrogen (secondary N) is 2. The number of carbonyl (C=O) groups excluding carboxylic acids is 1. The highest BCUT2D eigenvalue weighted by Crippen LogP contribution is 2.29. The maximum atomic E-state index is 11.8. The van der Waals surface area contributed by atoms with Crippen LogP contribution in [0.25, 0.3) is 6.08 Å². The third-order valence-electron chi connectivity index (χ3n) is 3.71. The van der Waals surface area contributed by atoms with Crippen LogP contribution in [0.2, 0.25) is 0 Å². The quantitative estimate of drug-likeness (QED) is 0.770. The van der Waals surface area contributed by atoms with Crippen LogP contribution in [0.15, 0.2) is 29.0 Å². The van der Waals surface area contributed by atoms with Crippen molar-refractivity contribution in [1.29, 1.82) is 0 Å². The van der Waals surface area contributed by atoms with Gasteiger partial charge in [-0.15, -0.1) is 0 Å². The predicted molar refractivity (Wildman–Crippen MR) is 70.9 cm³/mol. The van der Waals surface area contributed by atoms with E-state index in [-0.39, 0.29) is 5.91 Å². The lowest BCUT2D eigenvalue weighted by Crippen LogP contribution is -2.20. The summed E-state index contributed by atoms with van der Waals surface area (Å²) in [6, 6.07) is 3.88. The van der Waals surface area contributed by atoms with E-state index >= 15 is 0 Å². The van der Waals surface area contributed by atoms with Crippen LogP contribution in [0.5, 0.6) is 0 Å². The lowest BCUT2D eigenvalue weighted by Gasteiger charge is -2.21. The van der Waals surface area contributed by atoms with Gasteiger partial charge in [0.2, 0.25) is 0 Å². The van der Waals surface area contributed by atoms with Crippen LogP contribution in [0.1, 0.15) is 37.8 Å².